The van der Waals surface area contributed by atoms with E-state index in [-0.39, 0.29) is 5.92 Å². The van der Waals surface area contributed by atoms with Gasteiger partial charge in [0.15, 0.2) is 0 Å². The summed E-state index contributed by atoms with van der Waals surface area (Å²) in [6.45, 7) is 0.959. The number of nitrogens with zero attached hydrogens (tertiary/aromatic N) is 1. The molecule has 0 unspecified atom stereocenters. The van der Waals surface area contributed by atoms with E-state index in [0.717, 1.165) is 16.5 Å². The molecule has 1 fully saturated rings. The summed E-state index contributed by atoms with van der Waals surface area (Å²) in [5.41, 5.74) is 1.64. The number of carboxylic acids is 2. The smallest absolute Gasteiger partial charge is 0.325 e. The van der Waals surface area contributed by atoms with Gasteiger partial charge in [0.05, 0.1) is 5.92 Å². The molecule has 2 aromatic rings. The van der Waals surface area contributed by atoms with Crippen LogP contribution in [-0.2, 0) is 9.59 Å². The molecule has 1 saturated heterocycles. The molecule has 1 atom stereocenters. The maximum atomic E-state index is 11.8. The van der Waals surface area contributed by atoms with E-state index in [1.165, 1.54) is 0 Å². The van der Waals surface area contributed by atoms with Crippen LogP contribution in [0.1, 0.15) is 24.4 Å². The van der Waals surface area contributed by atoms with Gasteiger partial charge < -0.3 is 15.2 Å². The number of rotatable bonds is 4. The lowest BCUT2D eigenvalue weighted by Crippen LogP contribution is -2.41. The minimum Gasteiger partial charge on any atom is -0.481 e. The molecule has 22 heavy (non-hydrogen) atoms. The lowest BCUT2D eigenvalue weighted by atomic mass is 9.94. The Bertz CT molecular complexity index is 701. The fraction of sp³-hybridized carbons (Fsp3) is 0.375. The molecule has 0 aliphatic carbocycles. The summed E-state index contributed by atoms with van der Waals surface area (Å²) in [7, 11) is 0. The van der Waals surface area contributed by atoms with Crippen molar-refractivity contribution in [1.82, 2.24) is 9.88 Å². The number of hydrogen-bond acceptors (Lipinski definition) is 3. The topological polar surface area (TPSA) is 93.6 Å². The van der Waals surface area contributed by atoms with Crippen LogP contribution in [-0.4, -0.2) is 45.1 Å². The van der Waals surface area contributed by atoms with Crippen molar-refractivity contribution in [2.24, 2.45) is 5.92 Å². The highest BCUT2D eigenvalue weighted by atomic mass is 16.4. The Morgan fingerprint density at radius 1 is 1.18 bits per heavy atom. The van der Waals surface area contributed by atoms with E-state index < -0.39 is 18.0 Å². The molecular formula is C16H18N2O4. The molecule has 6 heteroatoms. The number of aromatic nitrogens is 1. The number of benzene rings is 1. The number of fused-ring (bicyclic) bond motifs is 1. The Labute approximate surface area is 127 Å². The molecule has 0 spiro atoms. The minimum absolute atomic E-state index is 0.367. The summed E-state index contributed by atoms with van der Waals surface area (Å²) in [6.07, 6.45) is 2.72. The van der Waals surface area contributed by atoms with Crippen molar-refractivity contribution < 1.29 is 19.8 Å². The Balaban J connectivity index is 1.88. The largest absolute Gasteiger partial charge is 0.481 e. The van der Waals surface area contributed by atoms with E-state index >= 15 is 0 Å². The molecule has 6 nitrogen and oxygen atoms in total. The number of carboxylic acid groups (broad SMARTS) is 2. The monoisotopic (exact) mass is 302 g/mol. The van der Waals surface area contributed by atoms with E-state index in [1.807, 2.05) is 29.2 Å². The standard InChI is InChI=1S/C16H18N2O4/c19-15(20)10-5-7-18(8-6-10)14(16(21)22)12-9-17-13-4-2-1-3-11(12)13/h1-4,9-10,14,17H,5-8H2,(H,19,20)(H,21,22)/t14-/m1/s1. The summed E-state index contributed by atoms with van der Waals surface area (Å²) in [6, 6.07) is 6.85. The second-order valence-electron chi connectivity index (χ2n) is 5.68. The molecule has 1 aromatic heterocycles. The number of likely N-dealkylation sites (tertiary alicyclic amines) is 1. The molecule has 3 N–H and O–H groups in total. The van der Waals surface area contributed by atoms with E-state index in [1.54, 1.807) is 6.20 Å². The van der Waals surface area contributed by atoms with Crippen LogP contribution in [0.4, 0.5) is 0 Å². The molecule has 116 valence electrons. The number of piperidine rings is 1. The zero-order chi connectivity index (χ0) is 15.7. The normalized spacial score (nSPS) is 18.4. The fourth-order valence-corrected chi connectivity index (χ4v) is 3.21. The average molecular weight is 302 g/mol. The molecule has 0 amide bonds. The van der Waals surface area contributed by atoms with E-state index in [4.69, 9.17) is 5.11 Å². The van der Waals surface area contributed by atoms with Crippen molar-refractivity contribution >= 4 is 22.8 Å². The first-order chi connectivity index (χ1) is 10.6. The first-order valence-electron chi connectivity index (χ1n) is 7.33. The number of nitrogens with one attached hydrogen (secondary N) is 1. The third-order valence-electron chi connectivity index (χ3n) is 4.39. The fourth-order valence-electron chi connectivity index (χ4n) is 3.21. The molecule has 0 saturated carbocycles. The van der Waals surface area contributed by atoms with Crippen LogP contribution in [0.25, 0.3) is 10.9 Å². The van der Waals surface area contributed by atoms with Gasteiger partial charge in [-0.05, 0) is 18.9 Å². The summed E-state index contributed by atoms with van der Waals surface area (Å²) in [5.74, 6) is -2.06. The maximum Gasteiger partial charge on any atom is 0.325 e. The molecule has 3 rings (SSSR count). The van der Waals surface area contributed by atoms with Crippen molar-refractivity contribution in [3.05, 3.63) is 36.0 Å². The van der Waals surface area contributed by atoms with Gasteiger partial charge in [-0.25, -0.2) is 0 Å². The molecule has 1 aliphatic rings. The van der Waals surface area contributed by atoms with E-state index in [9.17, 15) is 14.7 Å². The third-order valence-corrected chi connectivity index (χ3v) is 4.39. The summed E-state index contributed by atoms with van der Waals surface area (Å²) >= 11 is 0. The number of aromatic amines is 1. The van der Waals surface area contributed by atoms with Gasteiger partial charge in [-0.15, -0.1) is 0 Å². The second kappa shape index (κ2) is 5.81. The van der Waals surface area contributed by atoms with E-state index in [2.05, 4.69) is 4.98 Å². The summed E-state index contributed by atoms with van der Waals surface area (Å²) in [5, 5.41) is 19.6. The number of hydrogen-bond donors (Lipinski definition) is 3. The zero-order valence-corrected chi connectivity index (χ0v) is 12.0. The van der Waals surface area contributed by atoms with Gasteiger partial charge in [0.2, 0.25) is 0 Å². The quantitative estimate of drug-likeness (QED) is 0.804. The van der Waals surface area contributed by atoms with Crippen LogP contribution in [0.5, 0.6) is 0 Å². The first-order valence-corrected chi connectivity index (χ1v) is 7.33. The van der Waals surface area contributed by atoms with Gasteiger partial charge in [-0.3, -0.25) is 14.5 Å². The van der Waals surface area contributed by atoms with Crippen molar-refractivity contribution in [3.8, 4) is 0 Å². The Hall–Kier alpha value is -2.34. The Kier molecular flexibility index (Phi) is 3.85. The summed E-state index contributed by atoms with van der Waals surface area (Å²) < 4.78 is 0. The molecule has 0 bridgehead atoms. The summed E-state index contributed by atoms with van der Waals surface area (Å²) in [4.78, 5) is 27.8. The minimum atomic E-state index is -0.904. The molecule has 1 aromatic carbocycles. The number of carbonyl (C=O) groups is 2. The molecule has 2 heterocycles. The highest BCUT2D eigenvalue weighted by Gasteiger charge is 2.34. The van der Waals surface area contributed by atoms with Gasteiger partial charge in [-0.2, -0.15) is 0 Å². The van der Waals surface area contributed by atoms with Crippen molar-refractivity contribution in [2.75, 3.05) is 13.1 Å². The number of para-hydroxylation sites is 1. The van der Waals surface area contributed by atoms with Gasteiger partial charge in [0.25, 0.3) is 0 Å². The maximum absolute atomic E-state index is 11.8. The van der Waals surface area contributed by atoms with Crippen molar-refractivity contribution in [3.63, 3.8) is 0 Å². The van der Waals surface area contributed by atoms with Crippen LogP contribution in [0.3, 0.4) is 0 Å². The first kappa shape index (κ1) is 14.6. The lowest BCUT2D eigenvalue weighted by molar-refractivity contribution is -0.146. The van der Waals surface area contributed by atoms with E-state index in [0.29, 0.717) is 25.9 Å². The van der Waals surface area contributed by atoms with Crippen LogP contribution in [0, 0.1) is 5.92 Å². The van der Waals surface area contributed by atoms with Gasteiger partial charge in [-0.1, -0.05) is 18.2 Å². The van der Waals surface area contributed by atoms with Crippen LogP contribution in [0.2, 0.25) is 0 Å². The lowest BCUT2D eigenvalue weighted by Gasteiger charge is -2.34. The second-order valence-corrected chi connectivity index (χ2v) is 5.68. The van der Waals surface area contributed by atoms with Gasteiger partial charge >= 0.3 is 11.9 Å². The zero-order valence-electron chi connectivity index (χ0n) is 12.0. The third kappa shape index (κ3) is 2.57. The molecular weight excluding hydrogens is 284 g/mol. The Morgan fingerprint density at radius 2 is 1.86 bits per heavy atom. The van der Waals surface area contributed by atoms with Crippen LogP contribution in [0.15, 0.2) is 30.5 Å². The van der Waals surface area contributed by atoms with Crippen molar-refractivity contribution in [1.29, 1.82) is 0 Å². The van der Waals surface area contributed by atoms with Crippen molar-refractivity contribution in [2.45, 2.75) is 18.9 Å². The SMILES string of the molecule is O=C(O)C1CCN([C@@H](C(=O)O)c2c[nH]c3ccccc23)CC1. The van der Waals surface area contributed by atoms with Gasteiger partial charge in [0.1, 0.15) is 6.04 Å². The number of aliphatic carboxylic acids is 2. The van der Waals surface area contributed by atoms with Crippen LogP contribution >= 0.6 is 0 Å². The highest BCUT2D eigenvalue weighted by Crippen LogP contribution is 2.31. The molecule has 0 radical (unpaired) electrons. The predicted octanol–water partition coefficient (Wildman–Crippen LogP) is 2.09. The van der Waals surface area contributed by atoms with Crippen LogP contribution < -0.4 is 0 Å². The predicted molar refractivity (Wildman–Crippen MR) is 80.6 cm³/mol. The van der Waals surface area contributed by atoms with Gasteiger partial charge in [0, 0.05) is 35.8 Å². The molecule has 1 aliphatic heterocycles. The highest BCUT2D eigenvalue weighted by molar-refractivity contribution is 5.89. The average Bonchev–Trinajstić information content (AvgIpc) is 2.92. The Morgan fingerprint density at radius 3 is 2.50 bits per heavy atom. The number of H-pyrrole nitrogens is 1.